The van der Waals surface area contributed by atoms with Crippen molar-refractivity contribution in [3.8, 4) is 17.2 Å². The molecular formula is C21H28N2O8. The maximum atomic E-state index is 9.55. The lowest BCUT2D eigenvalue weighted by Gasteiger charge is -2.40. The molecule has 3 heterocycles. The molecule has 3 aliphatic rings. The first kappa shape index (κ1) is 22.9. The summed E-state index contributed by atoms with van der Waals surface area (Å²) in [6.07, 6.45) is 2.13. The molecule has 0 radical (unpaired) electrons. The number of carbonyl (C=O) groups is 2. The van der Waals surface area contributed by atoms with Gasteiger partial charge in [0.1, 0.15) is 11.9 Å². The number of benzene rings is 1. The molecule has 1 aromatic carbocycles. The Bertz CT molecular complexity index is 810. The van der Waals surface area contributed by atoms with Gasteiger partial charge < -0.3 is 34.1 Å². The van der Waals surface area contributed by atoms with E-state index in [1.54, 1.807) is 0 Å². The molecule has 0 amide bonds. The molecule has 10 heteroatoms. The standard InChI is InChI=1S/C17H24N2O4.C4H4O4/c1-18(2)4-5-19-6-8-21-17-12-9-15-16(23-11-22-15)10-14(12)20-7-3-13(17)19;5-3(6)1-2-4(7)8/h9-10,13,17H,3-8,11H2,1-2H3;1-2H,(H,5,6)(H,7,8)/b;2-1-/t13-,17-;/m1./s1. The number of rotatable bonds is 5. The van der Waals surface area contributed by atoms with Gasteiger partial charge >= 0.3 is 11.9 Å². The van der Waals surface area contributed by atoms with E-state index in [1.807, 2.05) is 12.1 Å². The van der Waals surface area contributed by atoms with Gasteiger partial charge in [0.05, 0.1) is 13.2 Å². The van der Waals surface area contributed by atoms with Crippen LogP contribution in [0.5, 0.6) is 17.2 Å². The highest BCUT2D eigenvalue weighted by atomic mass is 16.7. The molecule has 0 aromatic heterocycles. The van der Waals surface area contributed by atoms with Gasteiger partial charge in [0.15, 0.2) is 11.5 Å². The Balaban J connectivity index is 0.000000293. The van der Waals surface area contributed by atoms with Crippen LogP contribution in [0.25, 0.3) is 0 Å². The smallest absolute Gasteiger partial charge is 0.328 e. The van der Waals surface area contributed by atoms with E-state index in [0.29, 0.717) is 24.8 Å². The SMILES string of the molecule is CN(C)CCN1CCO[C@@H]2c3cc4c(cc3OCC[C@H]21)OCO4.O=C(O)/C=C\C(=O)O. The molecule has 2 N–H and O–H groups in total. The topological polar surface area (TPSA) is 118 Å². The van der Waals surface area contributed by atoms with Crippen LogP contribution in [-0.4, -0.2) is 91.7 Å². The average Bonchev–Trinajstić information content (AvgIpc) is 3.10. The Morgan fingerprint density at radius 3 is 2.39 bits per heavy atom. The summed E-state index contributed by atoms with van der Waals surface area (Å²) < 4.78 is 23.1. The maximum Gasteiger partial charge on any atom is 0.328 e. The number of nitrogens with zero attached hydrogens (tertiary/aromatic N) is 2. The van der Waals surface area contributed by atoms with Crippen molar-refractivity contribution in [3.05, 3.63) is 29.8 Å². The van der Waals surface area contributed by atoms with E-state index >= 15 is 0 Å². The molecule has 1 aromatic rings. The predicted octanol–water partition coefficient (Wildman–Crippen LogP) is 1.21. The first-order valence-corrected chi connectivity index (χ1v) is 10.1. The number of hydrogen-bond donors (Lipinski definition) is 2. The minimum absolute atomic E-state index is 0.0397. The summed E-state index contributed by atoms with van der Waals surface area (Å²) in [6.45, 7) is 4.82. The molecule has 0 spiro atoms. The second kappa shape index (κ2) is 10.5. The molecule has 0 bridgehead atoms. The molecule has 1 saturated heterocycles. The zero-order chi connectivity index (χ0) is 22.4. The van der Waals surface area contributed by atoms with Gasteiger partial charge in [-0.2, -0.15) is 0 Å². The fourth-order valence-electron chi connectivity index (χ4n) is 3.72. The fraction of sp³-hybridized carbons (Fsp3) is 0.524. The van der Waals surface area contributed by atoms with Crippen LogP contribution in [0.2, 0.25) is 0 Å². The number of aliphatic carboxylic acids is 2. The third-order valence-corrected chi connectivity index (χ3v) is 5.18. The van der Waals surface area contributed by atoms with Crippen molar-refractivity contribution >= 4 is 11.9 Å². The molecule has 31 heavy (non-hydrogen) atoms. The van der Waals surface area contributed by atoms with Crippen molar-refractivity contribution in [3.63, 3.8) is 0 Å². The van der Waals surface area contributed by atoms with Gasteiger partial charge in [0, 0.05) is 49.5 Å². The largest absolute Gasteiger partial charge is 0.493 e. The van der Waals surface area contributed by atoms with Gasteiger partial charge in [-0.3, -0.25) is 4.90 Å². The van der Waals surface area contributed by atoms with Crippen LogP contribution in [0.3, 0.4) is 0 Å². The highest BCUT2D eigenvalue weighted by Crippen LogP contribution is 2.45. The van der Waals surface area contributed by atoms with E-state index in [-0.39, 0.29) is 12.9 Å². The van der Waals surface area contributed by atoms with E-state index < -0.39 is 11.9 Å². The second-order valence-electron chi connectivity index (χ2n) is 7.59. The molecule has 170 valence electrons. The fourth-order valence-corrected chi connectivity index (χ4v) is 3.72. The monoisotopic (exact) mass is 436 g/mol. The molecule has 10 nitrogen and oxygen atoms in total. The molecule has 1 fully saturated rings. The summed E-state index contributed by atoms with van der Waals surface area (Å²) in [7, 11) is 4.23. The summed E-state index contributed by atoms with van der Waals surface area (Å²) in [5.74, 6) is -0.0829. The van der Waals surface area contributed by atoms with Crippen molar-refractivity contribution in [2.24, 2.45) is 0 Å². The first-order chi connectivity index (χ1) is 14.8. The Morgan fingerprint density at radius 1 is 1.06 bits per heavy atom. The molecule has 2 atom stereocenters. The van der Waals surface area contributed by atoms with Crippen LogP contribution in [0.4, 0.5) is 0 Å². The average molecular weight is 436 g/mol. The van der Waals surface area contributed by atoms with Gasteiger partial charge in [-0.15, -0.1) is 0 Å². The van der Waals surface area contributed by atoms with Gasteiger partial charge in [0.2, 0.25) is 6.79 Å². The van der Waals surface area contributed by atoms with E-state index in [1.165, 1.54) is 0 Å². The highest BCUT2D eigenvalue weighted by molar-refractivity contribution is 5.89. The minimum Gasteiger partial charge on any atom is -0.493 e. The number of carboxylic acid groups (broad SMARTS) is 2. The Morgan fingerprint density at radius 2 is 1.74 bits per heavy atom. The normalized spacial score (nSPS) is 22.0. The molecule has 0 saturated carbocycles. The molecule has 4 rings (SSSR count). The number of hydrogen-bond acceptors (Lipinski definition) is 8. The van der Waals surface area contributed by atoms with Crippen molar-refractivity contribution < 1.29 is 38.7 Å². The van der Waals surface area contributed by atoms with Crippen LogP contribution in [0, 0.1) is 0 Å². The van der Waals surface area contributed by atoms with Gasteiger partial charge in [-0.25, -0.2) is 9.59 Å². The van der Waals surface area contributed by atoms with Crippen LogP contribution < -0.4 is 14.2 Å². The van der Waals surface area contributed by atoms with E-state index in [9.17, 15) is 9.59 Å². The van der Waals surface area contributed by atoms with Crippen LogP contribution in [0.15, 0.2) is 24.3 Å². The van der Waals surface area contributed by atoms with Crippen LogP contribution in [0.1, 0.15) is 18.1 Å². The lowest BCUT2D eigenvalue weighted by Crippen LogP contribution is -2.49. The van der Waals surface area contributed by atoms with Crippen molar-refractivity contribution in [1.29, 1.82) is 0 Å². The quantitative estimate of drug-likeness (QED) is 0.652. The summed E-state index contributed by atoms with van der Waals surface area (Å²) in [5, 5.41) is 15.6. The maximum absolute atomic E-state index is 9.55. The summed E-state index contributed by atoms with van der Waals surface area (Å²) in [6, 6.07) is 4.34. The third kappa shape index (κ3) is 6.09. The van der Waals surface area contributed by atoms with Gasteiger partial charge in [-0.05, 0) is 26.6 Å². The molecular weight excluding hydrogens is 408 g/mol. The summed E-state index contributed by atoms with van der Waals surface area (Å²) in [4.78, 5) is 23.9. The number of ether oxygens (including phenoxy) is 4. The first-order valence-electron chi connectivity index (χ1n) is 10.1. The van der Waals surface area contributed by atoms with Crippen molar-refractivity contribution in [2.75, 3.05) is 53.7 Å². The Hall–Kier alpha value is -2.82. The van der Waals surface area contributed by atoms with Crippen molar-refractivity contribution in [1.82, 2.24) is 9.80 Å². The zero-order valence-corrected chi connectivity index (χ0v) is 17.7. The number of fused-ring (bicyclic) bond motifs is 4. The second-order valence-corrected chi connectivity index (χ2v) is 7.59. The molecule has 0 aliphatic carbocycles. The van der Waals surface area contributed by atoms with E-state index in [2.05, 4.69) is 23.9 Å². The molecule has 0 unspecified atom stereocenters. The minimum atomic E-state index is -1.26. The highest BCUT2D eigenvalue weighted by Gasteiger charge is 2.37. The number of likely N-dealkylation sites (N-methyl/N-ethyl adjacent to an activating group) is 1. The Labute approximate surface area is 180 Å². The lowest BCUT2D eigenvalue weighted by atomic mass is 9.96. The lowest BCUT2D eigenvalue weighted by molar-refractivity contribution is -0.134. The van der Waals surface area contributed by atoms with Gasteiger partial charge in [0.25, 0.3) is 0 Å². The summed E-state index contributed by atoms with van der Waals surface area (Å²) >= 11 is 0. The van der Waals surface area contributed by atoms with Gasteiger partial charge in [-0.1, -0.05) is 0 Å². The molecule has 3 aliphatic heterocycles. The summed E-state index contributed by atoms with van der Waals surface area (Å²) in [5.41, 5.74) is 1.09. The number of morpholine rings is 1. The van der Waals surface area contributed by atoms with E-state index in [0.717, 1.165) is 55.5 Å². The predicted molar refractivity (Wildman–Crippen MR) is 110 cm³/mol. The van der Waals surface area contributed by atoms with Crippen molar-refractivity contribution in [2.45, 2.75) is 18.6 Å². The van der Waals surface area contributed by atoms with Crippen LogP contribution in [-0.2, 0) is 14.3 Å². The third-order valence-electron chi connectivity index (χ3n) is 5.18. The van der Waals surface area contributed by atoms with Crippen LogP contribution >= 0.6 is 0 Å². The Kier molecular flexibility index (Phi) is 7.72. The number of carboxylic acids is 2. The van der Waals surface area contributed by atoms with E-state index in [4.69, 9.17) is 29.2 Å². The zero-order valence-electron chi connectivity index (χ0n) is 17.7.